The van der Waals surface area contributed by atoms with Crippen molar-refractivity contribution in [2.75, 3.05) is 0 Å². The van der Waals surface area contributed by atoms with E-state index in [0.29, 0.717) is 17.1 Å². The monoisotopic (exact) mass is 362 g/mol. The van der Waals surface area contributed by atoms with Gasteiger partial charge in [0.15, 0.2) is 11.3 Å². The van der Waals surface area contributed by atoms with Crippen LogP contribution in [0.2, 0.25) is 0 Å². The van der Waals surface area contributed by atoms with Crippen molar-refractivity contribution in [1.29, 1.82) is 0 Å². The third-order valence-corrected chi connectivity index (χ3v) is 4.96. The summed E-state index contributed by atoms with van der Waals surface area (Å²) < 4.78 is 5.27. The van der Waals surface area contributed by atoms with E-state index < -0.39 is 22.2 Å². The quantitative estimate of drug-likeness (QED) is 0.459. The molecule has 3 rings (SSSR count). The number of hydroxylamine groups is 2. The molecule has 0 unspecified atom stereocenters. The predicted molar refractivity (Wildman–Crippen MR) is 83.8 cm³/mol. The molecule has 22 heavy (non-hydrogen) atoms. The van der Waals surface area contributed by atoms with Crippen molar-refractivity contribution in [1.82, 2.24) is 10.0 Å². The van der Waals surface area contributed by atoms with Crippen molar-refractivity contribution >= 4 is 46.5 Å². The lowest BCUT2D eigenvalue weighted by Gasteiger charge is -2.35. The summed E-state index contributed by atoms with van der Waals surface area (Å²) in [6.45, 7) is 3.51. The van der Waals surface area contributed by atoms with E-state index in [2.05, 4.69) is 4.98 Å². The first-order chi connectivity index (χ1) is 10.4. The highest BCUT2D eigenvalue weighted by molar-refractivity contribution is 6.38. The van der Waals surface area contributed by atoms with Gasteiger partial charge in [-0.1, -0.05) is 11.6 Å². The molecule has 118 valence electrons. The number of ether oxygens (including phenoxy) is 1. The maximum atomic E-state index is 12.4. The Morgan fingerprint density at radius 2 is 2.14 bits per heavy atom. The first-order valence-electron chi connectivity index (χ1n) is 6.71. The minimum atomic E-state index is -0.807. The lowest BCUT2D eigenvalue weighted by molar-refractivity contribution is -0.143. The molecular weight excluding hydrogens is 351 g/mol. The van der Waals surface area contributed by atoms with Crippen molar-refractivity contribution in [3.8, 4) is 5.75 Å². The van der Waals surface area contributed by atoms with Gasteiger partial charge in [0.2, 0.25) is 0 Å². The number of alkyl halides is 3. The van der Waals surface area contributed by atoms with Gasteiger partial charge in [-0.2, -0.15) is 5.06 Å². The van der Waals surface area contributed by atoms with E-state index in [-0.39, 0.29) is 11.7 Å². The third kappa shape index (κ3) is 2.41. The minimum absolute atomic E-state index is 0.213. The Bertz CT molecular complexity index is 650. The Labute approximate surface area is 142 Å². The van der Waals surface area contributed by atoms with Crippen LogP contribution < -0.4 is 4.84 Å². The summed E-state index contributed by atoms with van der Waals surface area (Å²) in [4.78, 5) is 22.4. The van der Waals surface area contributed by atoms with Crippen LogP contribution >= 0.6 is 34.8 Å². The summed E-state index contributed by atoms with van der Waals surface area (Å²) in [5, 5.41) is -0.165. The van der Waals surface area contributed by atoms with Gasteiger partial charge in [0.05, 0.1) is 22.4 Å². The SMILES string of the molecule is CC(C)OC(=O)C1=C2c3ncccc3ON2[C@H](Cl)[C@H](Cl)[C@H]1Cl. The Morgan fingerprint density at radius 3 is 2.82 bits per heavy atom. The average Bonchev–Trinajstić information content (AvgIpc) is 2.84. The number of hydrogen-bond acceptors (Lipinski definition) is 5. The zero-order valence-corrected chi connectivity index (χ0v) is 14.1. The van der Waals surface area contributed by atoms with Crippen LogP contribution in [0.1, 0.15) is 19.5 Å². The van der Waals surface area contributed by atoms with Crippen LogP contribution in [0, 0.1) is 0 Å². The largest absolute Gasteiger partial charge is 0.460 e. The number of pyridine rings is 1. The molecule has 0 fully saturated rings. The number of carbonyl (C=O) groups is 1. The van der Waals surface area contributed by atoms with Gasteiger partial charge in [-0.25, -0.2) is 4.79 Å². The van der Waals surface area contributed by atoms with Crippen molar-refractivity contribution in [2.45, 2.75) is 36.2 Å². The molecule has 0 spiro atoms. The second-order valence-corrected chi connectivity index (χ2v) is 6.62. The third-order valence-electron chi connectivity index (χ3n) is 3.27. The number of carbonyl (C=O) groups excluding carboxylic acids is 1. The van der Waals surface area contributed by atoms with E-state index in [1.165, 1.54) is 5.06 Å². The molecule has 5 nitrogen and oxygen atoms in total. The highest BCUT2D eigenvalue weighted by Crippen LogP contribution is 2.46. The summed E-state index contributed by atoms with van der Waals surface area (Å²) in [5.74, 6) is -0.0565. The zero-order valence-electron chi connectivity index (χ0n) is 11.8. The first-order valence-corrected chi connectivity index (χ1v) is 8.02. The Hall–Kier alpha value is -1.17. The summed E-state index contributed by atoms with van der Waals surface area (Å²) in [7, 11) is 0. The fourth-order valence-electron chi connectivity index (χ4n) is 2.36. The summed E-state index contributed by atoms with van der Waals surface area (Å²) in [5.41, 5.74) is 0.393. The van der Waals surface area contributed by atoms with Gasteiger partial charge in [0.25, 0.3) is 0 Å². The molecule has 0 radical (unpaired) electrons. The van der Waals surface area contributed by atoms with Gasteiger partial charge in [-0.05, 0) is 26.0 Å². The smallest absolute Gasteiger partial charge is 0.338 e. The molecule has 1 aromatic heterocycles. The molecule has 2 aliphatic heterocycles. The molecule has 0 amide bonds. The Morgan fingerprint density at radius 1 is 1.41 bits per heavy atom. The molecule has 0 aliphatic carbocycles. The number of fused-ring (bicyclic) bond motifs is 3. The van der Waals surface area contributed by atoms with Crippen LogP contribution in [0.3, 0.4) is 0 Å². The summed E-state index contributed by atoms with van der Waals surface area (Å²) in [6, 6.07) is 3.46. The van der Waals surface area contributed by atoms with E-state index >= 15 is 0 Å². The maximum Gasteiger partial charge on any atom is 0.338 e. The van der Waals surface area contributed by atoms with Crippen molar-refractivity contribution in [3.05, 3.63) is 29.6 Å². The van der Waals surface area contributed by atoms with Gasteiger partial charge in [0, 0.05) is 6.20 Å². The van der Waals surface area contributed by atoms with Crippen molar-refractivity contribution < 1.29 is 14.4 Å². The topological polar surface area (TPSA) is 51.7 Å². The van der Waals surface area contributed by atoms with Crippen molar-refractivity contribution in [3.63, 3.8) is 0 Å². The molecule has 8 heteroatoms. The molecule has 2 aliphatic rings. The lowest BCUT2D eigenvalue weighted by Crippen LogP contribution is -2.47. The number of hydrogen-bond donors (Lipinski definition) is 0. The molecule has 0 bridgehead atoms. The van der Waals surface area contributed by atoms with E-state index in [9.17, 15) is 4.79 Å². The number of nitrogens with zero attached hydrogens (tertiary/aromatic N) is 2. The Balaban J connectivity index is 2.16. The molecule has 0 aromatic carbocycles. The van der Waals surface area contributed by atoms with E-state index in [0.717, 1.165) is 0 Å². The number of esters is 1. The van der Waals surface area contributed by atoms with Gasteiger partial charge < -0.3 is 9.57 Å². The van der Waals surface area contributed by atoms with Crippen LogP contribution in [0.25, 0.3) is 5.70 Å². The molecule has 0 saturated carbocycles. The molecule has 0 saturated heterocycles. The number of aromatic nitrogens is 1. The highest BCUT2D eigenvalue weighted by Gasteiger charge is 2.49. The average molecular weight is 364 g/mol. The van der Waals surface area contributed by atoms with Crippen LogP contribution in [0.4, 0.5) is 0 Å². The van der Waals surface area contributed by atoms with Gasteiger partial charge in [-0.15, -0.1) is 23.2 Å². The number of halogens is 3. The standard InChI is InChI=1S/C14H13Cl3N2O3/c1-6(2)21-14(20)8-9(15)10(16)13(17)19-12(8)11-7(22-19)4-3-5-18-11/h3-6,9-10,13H,1-2H3/t9-,10+,13-/m0/s1. The fraction of sp³-hybridized carbons (Fsp3) is 0.429. The van der Waals surface area contributed by atoms with Crippen LogP contribution in [-0.2, 0) is 9.53 Å². The van der Waals surface area contributed by atoms with Gasteiger partial charge >= 0.3 is 5.97 Å². The Kier molecular flexibility index (Phi) is 4.14. The first kappa shape index (κ1) is 15.7. The highest BCUT2D eigenvalue weighted by atomic mass is 35.5. The van der Waals surface area contributed by atoms with E-state index in [4.69, 9.17) is 44.4 Å². The molecule has 3 atom stereocenters. The maximum absolute atomic E-state index is 12.4. The normalized spacial score (nSPS) is 26.6. The fourth-order valence-corrected chi connectivity index (χ4v) is 3.28. The lowest BCUT2D eigenvalue weighted by atomic mass is 10.0. The van der Waals surface area contributed by atoms with E-state index in [1.807, 2.05) is 0 Å². The molecule has 1 aromatic rings. The summed E-state index contributed by atoms with van der Waals surface area (Å²) >= 11 is 18.9. The molecule has 0 N–H and O–H groups in total. The summed E-state index contributed by atoms with van der Waals surface area (Å²) in [6.07, 6.45) is 1.31. The van der Waals surface area contributed by atoms with Crippen LogP contribution in [0.5, 0.6) is 5.75 Å². The van der Waals surface area contributed by atoms with E-state index in [1.54, 1.807) is 32.2 Å². The number of rotatable bonds is 2. The van der Waals surface area contributed by atoms with Crippen molar-refractivity contribution in [2.24, 2.45) is 0 Å². The second kappa shape index (κ2) is 5.80. The predicted octanol–water partition coefficient (Wildman–Crippen LogP) is 3.15. The molecular formula is C14H13Cl3N2O3. The van der Waals surface area contributed by atoms with Gasteiger partial charge in [-0.3, -0.25) is 4.98 Å². The van der Waals surface area contributed by atoms with Crippen LogP contribution in [-0.4, -0.2) is 38.4 Å². The minimum Gasteiger partial charge on any atom is -0.460 e. The van der Waals surface area contributed by atoms with Gasteiger partial charge in [0.1, 0.15) is 11.4 Å². The second-order valence-electron chi connectivity index (χ2n) is 5.20. The molecule has 3 heterocycles. The zero-order chi connectivity index (χ0) is 16.0. The van der Waals surface area contributed by atoms with Crippen LogP contribution in [0.15, 0.2) is 23.9 Å².